The van der Waals surface area contributed by atoms with E-state index in [9.17, 15) is 4.79 Å². The fourth-order valence-electron chi connectivity index (χ4n) is 2.56. The van der Waals surface area contributed by atoms with Crippen molar-refractivity contribution in [3.05, 3.63) is 48.2 Å². The number of morpholine rings is 1. The van der Waals surface area contributed by atoms with Crippen LogP contribution in [0.2, 0.25) is 0 Å². The summed E-state index contributed by atoms with van der Waals surface area (Å²) in [7, 11) is 0. The topological polar surface area (TPSA) is 87.5 Å². The number of nitrogens with zero attached hydrogens (tertiary/aromatic N) is 3. The average molecular weight is 352 g/mol. The minimum absolute atomic E-state index is 0.291. The van der Waals surface area contributed by atoms with E-state index in [0.29, 0.717) is 30.3 Å². The number of rotatable bonds is 5. The van der Waals surface area contributed by atoms with Gasteiger partial charge in [0.2, 0.25) is 0 Å². The number of nitrogens with one attached hydrogen (secondary N) is 1. The minimum atomic E-state index is -0.691. The van der Waals surface area contributed by atoms with Gasteiger partial charge < -0.3 is 19.7 Å². The summed E-state index contributed by atoms with van der Waals surface area (Å²) in [6.45, 7) is 4.76. The zero-order valence-corrected chi connectivity index (χ0v) is 14.5. The Morgan fingerprint density at radius 3 is 2.62 bits per heavy atom. The maximum atomic E-state index is 12.3. The third-order valence-electron chi connectivity index (χ3n) is 4.04. The lowest BCUT2D eigenvalue weighted by atomic mass is 10.2. The predicted molar refractivity (Wildman–Crippen MR) is 97.1 cm³/mol. The Kier molecular flexibility index (Phi) is 5.66. The molecule has 1 atom stereocenters. The summed E-state index contributed by atoms with van der Waals surface area (Å²) in [6.07, 6.45) is 1.05. The van der Waals surface area contributed by atoms with Crippen LogP contribution < -0.4 is 15.0 Å². The highest BCUT2D eigenvalue weighted by Gasteiger charge is 2.16. The molecule has 0 bridgehead atoms. The average Bonchev–Trinajstić information content (AvgIpc) is 2.70. The van der Waals surface area contributed by atoms with Crippen molar-refractivity contribution in [2.24, 2.45) is 0 Å². The maximum Gasteiger partial charge on any atom is 0.266 e. The molecule has 1 saturated heterocycles. The predicted octanol–water partition coefficient (Wildman–Crippen LogP) is 2.20. The van der Waals surface area contributed by atoms with Crippen LogP contribution in [-0.2, 0) is 9.53 Å². The van der Waals surface area contributed by atoms with Gasteiger partial charge in [-0.2, -0.15) is 5.26 Å². The van der Waals surface area contributed by atoms with Crippen molar-refractivity contribution in [1.82, 2.24) is 4.98 Å². The summed E-state index contributed by atoms with van der Waals surface area (Å²) in [6, 6.07) is 12.4. The number of aromatic nitrogens is 1. The zero-order chi connectivity index (χ0) is 18.4. The summed E-state index contributed by atoms with van der Waals surface area (Å²) in [4.78, 5) is 18.8. The van der Waals surface area contributed by atoms with Gasteiger partial charge in [0.1, 0.15) is 11.6 Å². The van der Waals surface area contributed by atoms with Crippen LogP contribution in [0.4, 0.5) is 11.5 Å². The number of pyridine rings is 1. The Bertz CT molecular complexity index is 778. The molecule has 2 aromatic rings. The van der Waals surface area contributed by atoms with Gasteiger partial charge in [0, 0.05) is 13.1 Å². The number of benzene rings is 1. The minimum Gasteiger partial charge on any atom is -0.481 e. The molecule has 0 radical (unpaired) electrons. The van der Waals surface area contributed by atoms with E-state index in [0.717, 1.165) is 18.8 Å². The lowest BCUT2D eigenvalue weighted by molar-refractivity contribution is -0.122. The summed E-state index contributed by atoms with van der Waals surface area (Å²) in [5.41, 5.74) is 1.55. The molecule has 3 rings (SSSR count). The van der Waals surface area contributed by atoms with Gasteiger partial charge in [0.15, 0.2) is 6.10 Å². The van der Waals surface area contributed by atoms with Crippen LogP contribution in [0.25, 0.3) is 0 Å². The molecule has 26 heavy (non-hydrogen) atoms. The number of anilines is 2. The van der Waals surface area contributed by atoms with E-state index in [2.05, 4.69) is 15.2 Å². The van der Waals surface area contributed by atoms with Gasteiger partial charge >= 0.3 is 0 Å². The number of hydrogen-bond acceptors (Lipinski definition) is 6. The van der Waals surface area contributed by atoms with Crippen molar-refractivity contribution in [1.29, 1.82) is 5.26 Å². The first-order valence-electron chi connectivity index (χ1n) is 8.42. The van der Waals surface area contributed by atoms with Gasteiger partial charge in [0.05, 0.1) is 36.7 Å². The van der Waals surface area contributed by atoms with Crippen molar-refractivity contribution >= 4 is 17.4 Å². The molecule has 0 saturated carbocycles. The van der Waals surface area contributed by atoms with Crippen LogP contribution in [0.15, 0.2) is 42.6 Å². The molecule has 134 valence electrons. The maximum absolute atomic E-state index is 12.3. The molecule has 1 amide bonds. The molecule has 1 aromatic heterocycles. The van der Waals surface area contributed by atoms with Gasteiger partial charge in [0.25, 0.3) is 5.91 Å². The molecular weight excluding hydrogens is 332 g/mol. The van der Waals surface area contributed by atoms with E-state index in [1.165, 1.54) is 0 Å². The second-order valence-corrected chi connectivity index (χ2v) is 5.89. The van der Waals surface area contributed by atoms with Crippen molar-refractivity contribution < 1.29 is 14.3 Å². The highest BCUT2D eigenvalue weighted by Crippen LogP contribution is 2.17. The van der Waals surface area contributed by atoms with E-state index < -0.39 is 6.10 Å². The van der Waals surface area contributed by atoms with Crippen LogP contribution in [0.1, 0.15) is 12.5 Å². The van der Waals surface area contributed by atoms with Gasteiger partial charge in [-0.3, -0.25) is 4.79 Å². The normalized spacial score (nSPS) is 15.0. The number of amides is 1. The molecule has 0 aliphatic carbocycles. The quantitative estimate of drug-likeness (QED) is 0.888. The molecular formula is C19H20N4O3. The van der Waals surface area contributed by atoms with E-state index >= 15 is 0 Å². The number of hydrogen-bond donors (Lipinski definition) is 1. The Morgan fingerprint density at radius 1 is 1.27 bits per heavy atom. The molecule has 1 N–H and O–H groups in total. The van der Waals surface area contributed by atoms with Crippen molar-refractivity contribution in [3.8, 4) is 11.8 Å². The van der Waals surface area contributed by atoms with Crippen molar-refractivity contribution in [2.45, 2.75) is 13.0 Å². The number of carbonyl (C=O) groups excluding carboxylic acids is 1. The number of nitriles is 1. The van der Waals surface area contributed by atoms with Crippen LogP contribution in [0, 0.1) is 11.3 Å². The SMILES string of the molecule is CC(Oc1ccc(C#N)cc1)C(=O)Nc1ccc(N2CCOCC2)cn1. The molecule has 7 nitrogen and oxygen atoms in total. The van der Waals surface area contributed by atoms with Gasteiger partial charge in [-0.25, -0.2) is 4.98 Å². The molecule has 7 heteroatoms. The van der Waals surface area contributed by atoms with E-state index in [1.807, 2.05) is 12.1 Å². The third kappa shape index (κ3) is 4.49. The van der Waals surface area contributed by atoms with Gasteiger partial charge in [-0.1, -0.05) is 0 Å². The summed E-state index contributed by atoms with van der Waals surface area (Å²) < 4.78 is 10.9. The van der Waals surface area contributed by atoms with Crippen LogP contribution in [0.5, 0.6) is 5.75 Å². The number of ether oxygens (including phenoxy) is 2. The molecule has 1 fully saturated rings. The first-order chi connectivity index (χ1) is 12.7. The molecule has 1 aliphatic rings. The molecule has 1 aliphatic heterocycles. The van der Waals surface area contributed by atoms with E-state index in [4.69, 9.17) is 14.7 Å². The Hall–Kier alpha value is -3.11. The zero-order valence-electron chi connectivity index (χ0n) is 14.5. The summed E-state index contributed by atoms with van der Waals surface area (Å²) >= 11 is 0. The van der Waals surface area contributed by atoms with Gasteiger partial charge in [-0.15, -0.1) is 0 Å². The van der Waals surface area contributed by atoms with Crippen molar-refractivity contribution in [2.75, 3.05) is 36.5 Å². The van der Waals surface area contributed by atoms with Crippen LogP contribution in [0.3, 0.4) is 0 Å². The second kappa shape index (κ2) is 8.32. The smallest absolute Gasteiger partial charge is 0.266 e. The molecule has 1 unspecified atom stereocenters. The first-order valence-corrected chi connectivity index (χ1v) is 8.42. The molecule has 1 aromatic carbocycles. The lowest BCUT2D eigenvalue weighted by Crippen LogP contribution is -2.36. The monoisotopic (exact) mass is 352 g/mol. The van der Waals surface area contributed by atoms with Crippen LogP contribution >= 0.6 is 0 Å². The highest BCUT2D eigenvalue weighted by atomic mass is 16.5. The highest BCUT2D eigenvalue weighted by molar-refractivity contribution is 5.93. The standard InChI is InChI=1S/C19H20N4O3/c1-14(26-17-5-2-15(12-20)3-6-17)19(24)22-18-7-4-16(13-21-18)23-8-10-25-11-9-23/h2-7,13-14H,8-11H2,1H3,(H,21,22,24). The Labute approximate surface area is 152 Å². The second-order valence-electron chi connectivity index (χ2n) is 5.89. The fraction of sp³-hybridized carbons (Fsp3) is 0.316. The molecule has 2 heterocycles. The first kappa shape index (κ1) is 17.7. The number of carbonyl (C=O) groups is 1. The van der Waals surface area contributed by atoms with Crippen LogP contribution in [-0.4, -0.2) is 43.3 Å². The fourth-order valence-corrected chi connectivity index (χ4v) is 2.56. The van der Waals surface area contributed by atoms with Crippen molar-refractivity contribution in [3.63, 3.8) is 0 Å². The molecule has 0 spiro atoms. The van der Waals surface area contributed by atoms with Gasteiger partial charge in [-0.05, 0) is 43.3 Å². The van der Waals surface area contributed by atoms with E-state index in [-0.39, 0.29) is 5.91 Å². The Morgan fingerprint density at radius 2 is 2.00 bits per heavy atom. The largest absolute Gasteiger partial charge is 0.481 e. The summed E-state index contributed by atoms with van der Waals surface area (Å²) in [5, 5.41) is 11.5. The lowest BCUT2D eigenvalue weighted by Gasteiger charge is -2.28. The third-order valence-corrected chi connectivity index (χ3v) is 4.04. The Balaban J connectivity index is 1.55. The van der Waals surface area contributed by atoms with E-state index in [1.54, 1.807) is 43.5 Å². The summed E-state index contributed by atoms with van der Waals surface area (Å²) in [5.74, 6) is 0.713.